The van der Waals surface area contributed by atoms with Crippen molar-refractivity contribution in [3.05, 3.63) is 71.8 Å². The Kier molecular flexibility index (Phi) is 7.79. The molecule has 2 N–H and O–H groups in total. The maximum atomic E-state index is 11.9. The average Bonchev–Trinajstić information content (AvgIpc) is 2.70. The first kappa shape index (κ1) is 19.6. The Balaban J connectivity index is 1.81. The van der Waals surface area contributed by atoms with Gasteiger partial charge >= 0.3 is 11.9 Å². The van der Waals surface area contributed by atoms with E-state index in [1.54, 1.807) is 48.5 Å². The molecule has 2 aromatic rings. The van der Waals surface area contributed by atoms with E-state index in [9.17, 15) is 19.8 Å². The molecule has 0 heterocycles. The molecule has 2 unspecified atom stereocenters. The fourth-order valence-electron chi connectivity index (χ4n) is 2.40. The predicted octanol–water partition coefficient (Wildman–Crippen LogP) is 2.32. The van der Waals surface area contributed by atoms with E-state index >= 15 is 0 Å². The van der Waals surface area contributed by atoms with E-state index in [1.807, 2.05) is 12.1 Å². The largest absolute Gasteiger partial charge is 0.455 e. The lowest BCUT2D eigenvalue weighted by molar-refractivity contribution is -0.158. The monoisotopic (exact) mass is 358 g/mol. The van der Waals surface area contributed by atoms with Crippen molar-refractivity contribution in [2.45, 2.75) is 25.0 Å². The van der Waals surface area contributed by atoms with E-state index in [0.29, 0.717) is 11.1 Å². The van der Waals surface area contributed by atoms with Crippen LogP contribution in [-0.2, 0) is 19.1 Å². The molecular formula is C20H22O6. The van der Waals surface area contributed by atoms with Crippen LogP contribution in [0.5, 0.6) is 0 Å². The fourth-order valence-corrected chi connectivity index (χ4v) is 2.40. The smallest absolute Gasteiger partial charge is 0.307 e. The molecule has 0 aliphatic heterocycles. The van der Waals surface area contributed by atoms with Gasteiger partial charge in [0.2, 0.25) is 0 Å². The van der Waals surface area contributed by atoms with E-state index in [0.717, 1.165) is 0 Å². The van der Waals surface area contributed by atoms with Crippen LogP contribution in [0.25, 0.3) is 0 Å². The van der Waals surface area contributed by atoms with Crippen molar-refractivity contribution in [2.75, 3.05) is 13.2 Å². The van der Waals surface area contributed by atoms with Crippen molar-refractivity contribution in [3.63, 3.8) is 0 Å². The number of esters is 2. The maximum absolute atomic E-state index is 11.9. The average molecular weight is 358 g/mol. The number of benzene rings is 2. The van der Waals surface area contributed by atoms with Crippen LogP contribution in [0.4, 0.5) is 0 Å². The van der Waals surface area contributed by atoms with Crippen LogP contribution >= 0.6 is 0 Å². The van der Waals surface area contributed by atoms with Crippen LogP contribution in [-0.4, -0.2) is 35.4 Å². The van der Waals surface area contributed by atoms with Crippen LogP contribution in [0.3, 0.4) is 0 Å². The Hall–Kier alpha value is -2.70. The number of aliphatic hydroxyl groups is 2. The summed E-state index contributed by atoms with van der Waals surface area (Å²) in [7, 11) is 0. The molecule has 2 aromatic carbocycles. The van der Waals surface area contributed by atoms with Crippen molar-refractivity contribution in [1.82, 2.24) is 0 Å². The molecule has 2 rings (SSSR count). The third-order valence-corrected chi connectivity index (χ3v) is 3.76. The second kappa shape index (κ2) is 10.3. The van der Waals surface area contributed by atoms with Gasteiger partial charge in [-0.3, -0.25) is 9.59 Å². The maximum Gasteiger partial charge on any atom is 0.307 e. The van der Waals surface area contributed by atoms with E-state index in [1.165, 1.54) is 0 Å². The van der Waals surface area contributed by atoms with Gasteiger partial charge in [0.1, 0.15) is 12.2 Å². The van der Waals surface area contributed by atoms with Gasteiger partial charge in [0.15, 0.2) is 0 Å². The molecule has 0 fully saturated rings. The Morgan fingerprint density at radius 2 is 1.04 bits per heavy atom. The van der Waals surface area contributed by atoms with Gasteiger partial charge < -0.3 is 19.7 Å². The normalized spacial score (nSPS) is 12.8. The van der Waals surface area contributed by atoms with Crippen LogP contribution < -0.4 is 0 Å². The minimum atomic E-state index is -0.769. The van der Waals surface area contributed by atoms with Crippen LogP contribution in [0.2, 0.25) is 0 Å². The molecule has 138 valence electrons. The van der Waals surface area contributed by atoms with E-state index in [4.69, 9.17) is 9.47 Å². The fraction of sp³-hybridized carbons (Fsp3) is 0.300. The zero-order chi connectivity index (χ0) is 18.8. The third kappa shape index (κ3) is 5.98. The summed E-state index contributed by atoms with van der Waals surface area (Å²) >= 11 is 0. The van der Waals surface area contributed by atoms with Gasteiger partial charge in [0, 0.05) is 0 Å². The van der Waals surface area contributed by atoms with Crippen LogP contribution in [0, 0.1) is 0 Å². The topological polar surface area (TPSA) is 93.1 Å². The van der Waals surface area contributed by atoms with E-state index in [2.05, 4.69) is 0 Å². The second-order valence-corrected chi connectivity index (χ2v) is 5.64. The Morgan fingerprint density at radius 1 is 0.692 bits per heavy atom. The third-order valence-electron chi connectivity index (χ3n) is 3.76. The lowest BCUT2D eigenvalue weighted by Crippen LogP contribution is -2.18. The highest BCUT2D eigenvalue weighted by atomic mass is 16.6. The molecule has 0 aliphatic rings. The highest BCUT2D eigenvalue weighted by Gasteiger charge is 2.19. The number of hydrogen-bond acceptors (Lipinski definition) is 6. The van der Waals surface area contributed by atoms with Crippen molar-refractivity contribution < 1.29 is 29.3 Å². The molecule has 0 spiro atoms. The van der Waals surface area contributed by atoms with Gasteiger partial charge in [0.25, 0.3) is 0 Å². The number of ether oxygens (including phenoxy) is 2. The van der Waals surface area contributed by atoms with Gasteiger partial charge in [-0.25, -0.2) is 0 Å². The highest BCUT2D eigenvalue weighted by Crippen LogP contribution is 2.19. The Labute approximate surface area is 152 Å². The minimum Gasteiger partial charge on any atom is -0.455 e. The van der Waals surface area contributed by atoms with Gasteiger partial charge in [-0.05, 0) is 11.1 Å². The van der Waals surface area contributed by atoms with Gasteiger partial charge in [-0.15, -0.1) is 0 Å². The predicted molar refractivity (Wildman–Crippen MR) is 94.0 cm³/mol. The lowest BCUT2D eigenvalue weighted by atomic mass is 10.1. The molecule has 26 heavy (non-hydrogen) atoms. The summed E-state index contributed by atoms with van der Waals surface area (Å²) in [5.74, 6) is -1.21. The van der Waals surface area contributed by atoms with E-state index < -0.39 is 24.1 Å². The van der Waals surface area contributed by atoms with Crippen LogP contribution in [0.1, 0.15) is 36.2 Å². The SMILES string of the molecule is O=C(CCC(=O)OC(CO)c1ccccc1)OC(CO)c1ccccc1. The molecular weight excluding hydrogens is 336 g/mol. The Morgan fingerprint density at radius 3 is 1.35 bits per heavy atom. The number of aliphatic hydroxyl groups excluding tert-OH is 2. The number of hydrogen-bond donors (Lipinski definition) is 2. The number of rotatable bonds is 9. The standard InChI is InChI=1S/C20H22O6/c21-13-17(15-7-3-1-4-8-15)25-19(23)11-12-20(24)26-18(14-22)16-9-5-2-6-10-16/h1-10,17-18,21-22H,11-14H2. The lowest BCUT2D eigenvalue weighted by Gasteiger charge is -2.17. The zero-order valence-corrected chi connectivity index (χ0v) is 14.3. The summed E-state index contributed by atoms with van der Waals surface area (Å²) < 4.78 is 10.4. The molecule has 0 radical (unpaired) electrons. The van der Waals surface area contributed by atoms with Crippen molar-refractivity contribution in [3.8, 4) is 0 Å². The molecule has 0 aliphatic carbocycles. The molecule has 0 amide bonds. The first-order chi connectivity index (χ1) is 12.6. The van der Waals surface area contributed by atoms with Gasteiger partial charge in [-0.2, -0.15) is 0 Å². The Bertz CT molecular complexity index is 624. The summed E-state index contributed by atoms with van der Waals surface area (Å²) in [5.41, 5.74) is 1.35. The first-order valence-electron chi connectivity index (χ1n) is 8.34. The number of carbonyl (C=O) groups excluding carboxylic acids is 2. The van der Waals surface area contributed by atoms with Crippen molar-refractivity contribution in [2.24, 2.45) is 0 Å². The number of carbonyl (C=O) groups is 2. The summed E-state index contributed by atoms with van der Waals surface area (Å²) in [6.45, 7) is -0.693. The molecule has 6 heteroatoms. The quantitative estimate of drug-likeness (QED) is 0.668. The highest BCUT2D eigenvalue weighted by molar-refractivity contribution is 5.78. The molecule has 0 saturated carbocycles. The van der Waals surface area contributed by atoms with Crippen LogP contribution in [0.15, 0.2) is 60.7 Å². The summed E-state index contributed by atoms with van der Waals surface area (Å²) in [6, 6.07) is 17.7. The second-order valence-electron chi connectivity index (χ2n) is 5.64. The molecule has 0 aromatic heterocycles. The van der Waals surface area contributed by atoms with E-state index in [-0.39, 0.29) is 26.1 Å². The molecule has 0 bridgehead atoms. The molecule has 0 saturated heterocycles. The van der Waals surface area contributed by atoms with Crippen molar-refractivity contribution in [1.29, 1.82) is 0 Å². The first-order valence-corrected chi connectivity index (χ1v) is 8.34. The zero-order valence-electron chi connectivity index (χ0n) is 14.3. The summed E-state index contributed by atoms with van der Waals surface area (Å²) in [6.07, 6.45) is -1.88. The minimum absolute atomic E-state index is 0.172. The molecule has 2 atom stereocenters. The summed E-state index contributed by atoms with van der Waals surface area (Å²) in [4.78, 5) is 23.8. The molecule has 6 nitrogen and oxygen atoms in total. The summed E-state index contributed by atoms with van der Waals surface area (Å²) in [5, 5.41) is 18.8. The van der Waals surface area contributed by atoms with Crippen molar-refractivity contribution >= 4 is 11.9 Å². The van der Waals surface area contributed by atoms with Gasteiger partial charge in [-0.1, -0.05) is 60.7 Å². The van der Waals surface area contributed by atoms with Gasteiger partial charge in [0.05, 0.1) is 26.1 Å².